The summed E-state index contributed by atoms with van der Waals surface area (Å²) >= 11 is 11.6. The van der Waals surface area contributed by atoms with Crippen LogP contribution in [0.25, 0.3) is 0 Å². The highest BCUT2D eigenvalue weighted by Gasteiger charge is 2.13. The van der Waals surface area contributed by atoms with Crippen LogP contribution in [0.15, 0.2) is 41.3 Å². The van der Waals surface area contributed by atoms with Crippen molar-refractivity contribution < 1.29 is 9.59 Å². The third kappa shape index (κ3) is 3.62. The molecule has 2 aromatic rings. The summed E-state index contributed by atoms with van der Waals surface area (Å²) in [6.07, 6.45) is 1.39. The van der Waals surface area contributed by atoms with E-state index in [-0.39, 0.29) is 16.1 Å². The molecule has 0 aliphatic rings. The van der Waals surface area contributed by atoms with Gasteiger partial charge in [-0.2, -0.15) is 0 Å². The van der Waals surface area contributed by atoms with Gasteiger partial charge in [0.15, 0.2) is 0 Å². The minimum absolute atomic E-state index is 0.125. The second-order valence-corrected chi connectivity index (χ2v) is 4.79. The molecule has 1 aromatic heterocycles. The third-order valence-corrected chi connectivity index (χ3v) is 3.08. The zero-order chi connectivity index (χ0) is 15.4. The first-order valence-corrected chi connectivity index (χ1v) is 6.48. The van der Waals surface area contributed by atoms with E-state index in [2.05, 4.69) is 15.8 Å². The Morgan fingerprint density at radius 3 is 2.29 bits per heavy atom. The second kappa shape index (κ2) is 6.43. The quantitative estimate of drug-likeness (QED) is 0.735. The number of aromatic amines is 1. The molecule has 0 aliphatic heterocycles. The van der Waals surface area contributed by atoms with Crippen molar-refractivity contribution in [2.24, 2.45) is 0 Å². The lowest BCUT2D eigenvalue weighted by molar-refractivity contribution is 0.0846. The van der Waals surface area contributed by atoms with E-state index in [4.69, 9.17) is 23.2 Å². The predicted octanol–water partition coefficient (Wildman–Crippen LogP) is 1.76. The van der Waals surface area contributed by atoms with E-state index in [1.807, 2.05) is 0 Å². The fourth-order valence-electron chi connectivity index (χ4n) is 1.52. The molecule has 0 fully saturated rings. The van der Waals surface area contributed by atoms with E-state index in [0.717, 1.165) is 0 Å². The van der Waals surface area contributed by atoms with Crippen molar-refractivity contribution in [3.8, 4) is 0 Å². The Kier molecular flexibility index (Phi) is 4.62. The molecule has 3 N–H and O–H groups in total. The molecule has 0 saturated heterocycles. The minimum Gasteiger partial charge on any atom is -0.328 e. The highest BCUT2D eigenvalue weighted by atomic mass is 35.5. The number of hydrazine groups is 1. The van der Waals surface area contributed by atoms with Crippen LogP contribution in [0.3, 0.4) is 0 Å². The summed E-state index contributed by atoms with van der Waals surface area (Å²) in [5.74, 6) is -1.37. The van der Waals surface area contributed by atoms with E-state index in [1.165, 1.54) is 36.5 Å². The summed E-state index contributed by atoms with van der Waals surface area (Å²) < 4.78 is 0. The SMILES string of the molecule is O=C(NNC(=O)c1ccc[nH]c1=O)c1ccc(Cl)cc1Cl. The maximum absolute atomic E-state index is 11.9. The number of halogens is 2. The van der Waals surface area contributed by atoms with Gasteiger partial charge in [0.25, 0.3) is 17.4 Å². The Hall–Kier alpha value is -2.31. The second-order valence-electron chi connectivity index (χ2n) is 3.95. The van der Waals surface area contributed by atoms with Gasteiger partial charge >= 0.3 is 0 Å². The van der Waals surface area contributed by atoms with Crippen molar-refractivity contribution >= 4 is 35.0 Å². The highest BCUT2D eigenvalue weighted by molar-refractivity contribution is 6.36. The molecule has 21 heavy (non-hydrogen) atoms. The van der Waals surface area contributed by atoms with Crippen molar-refractivity contribution in [2.45, 2.75) is 0 Å². The van der Waals surface area contributed by atoms with E-state index in [9.17, 15) is 14.4 Å². The molecule has 8 heteroatoms. The Balaban J connectivity index is 2.06. The Bertz CT molecular complexity index is 758. The third-order valence-electron chi connectivity index (χ3n) is 2.53. The van der Waals surface area contributed by atoms with Gasteiger partial charge in [0.05, 0.1) is 10.6 Å². The highest BCUT2D eigenvalue weighted by Crippen LogP contribution is 2.20. The molecule has 0 unspecified atom stereocenters. The molecule has 2 rings (SSSR count). The van der Waals surface area contributed by atoms with Crippen molar-refractivity contribution in [3.63, 3.8) is 0 Å². The molecule has 0 radical (unpaired) electrons. The fraction of sp³-hybridized carbons (Fsp3) is 0. The smallest absolute Gasteiger partial charge is 0.275 e. The molecule has 0 atom stereocenters. The molecular weight excluding hydrogens is 317 g/mol. The number of carbonyl (C=O) groups excluding carboxylic acids is 2. The van der Waals surface area contributed by atoms with Crippen LogP contribution in [0.2, 0.25) is 10.0 Å². The monoisotopic (exact) mass is 325 g/mol. The summed E-state index contributed by atoms with van der Waals surface area (Å²) in [4.78, 5) is 37.4. The first-order chi connectivity index (χ1) is 9.99. The Morgan fingerprint density at radius 1 is 1.00 bits per heavy atom. The Labute approximate surface area is 129 Å². The van der Waals surface area contributed by atoms with Crippen LogP contribution < -0.4 is 16.4 Å². The Morgan fingerprint density at radius 2 is 1.67 bits per heavy atom. The number of carbonyl (C=O) groups is 2. The summed E-state index contributed by atoms with van der Waals surface area (Å²) in [5, 5.41) is 0.531. The van der Waals surface area contributed by atoms with Gasteiger partial charge in [-0.25, -0.2) is 0 Å². The maximum atomic E-state index is 11.9. The van der Waals surface area contributed by atoms with Gasteiger partial charge in [0.2, 0.25) is 0 Å². The van der Waals surface area contributed by atoms with Crippen LogP contribution in [0.5, 0.6) is 0 Å². The zero-order valence-electron chi connectivity index (χ0n) is 10.4. The summed E-state index contributed by atoms with van der Waals surface area (Å²) in [6, 6.07) is 7.14. The van der Waals surface area contributed by atoms with Crippen LogP contribution in [-0.2, 0) is 0 Å². The lowest BCUT2D eigenvalue weighted by Crippen LogP contribution is -2.43. The largest absolute Gasteiger partial charge is 0.328 e. The van der Waals surface area contributed by atoms with Gasteiger partial charge in [-0.15, -0.1) is 0 Å². The first-order valence-electron chi connectivity index (χ1n) is 5.72. The molecule has 108 valence electrons. The van der Waals surface area contributed by atoms with Gasteiger partial charge in [0, 0.05) is 11.2 Å². The van der Waals surface area contributed by atoms with Gasteiger partial charge in [0.1, 0.15) is 5.56 Å². The molecule has 0 saturated carbocycles. The number of benzene rings is 1. The van der Waals surface area contributed by atoms with E-state index in [0.29, 0.717) is 5.02 Å². The van der Waals surface area contributed by atoms with Crippen molar-refractivity contribution in [3.05, 3.63) is 68.1 Å². The molecule has 1 aromatic carbocycles. The van der Waals surface area contributed by atoms with Crippen LogP contribution in [0.4, 0.5) is 0 Å². The van der Waals surface area contributed by atoms with Crippen LogP contribution in [-0.4, -0.2) is 16.8 Å². The molecular formula is C13H9Cl2N3O3. The average molecular weight is 326 g/mol. The molecule has 0 spiro atoms. The zero-order valence-corrected chi connectivity index (χ0v) is 12.0. The number of hydrogen-bond donors (Lipinski definition) is 3. The van der Waals surface area contributed by atoms with Crippen molar-refractivity contribution in [2.75, 3.05) is 0 Å². The number of pyridine rings is 1. The van der Waals surface area contributed by atoms with E-state index >= 15 is 0 Å². The van der Waals surface area contributed by atoms with Gasteiger partial charge in [-0.3, -0.25) is 25.2 Å². The maximum Gasteiger partial charge on any atom is 0.275 e. The van der Waals surface area contributed by atoms with E-state index < -0.39 is 17.4 Å². The minimum atomic E-state index is -0.740. The molecule has 0 bridgehead atoms. The van der Waals surface area contributed by atoms with Crippen LogP contribution >= 0.6 is 23.2 Å². The van der Waals surface area contributed by atoms with Gasteiger partial charge in [-0.05, 0) is 30.3 Å². The molecule has 1 heterocycles. The number of hydrogen-bond acceptors (Lipinski definition) is 3. The summed E-state index contributed by atoms with van der Waals surface area (Å²) in [5.41, 5.74) is 3.75. The number of aromatic nitrogens is 1. The standard InChI is InChI=1S/C13H9Cl2N3O3/c14-7-3-4-8(10(15)6-7)12(20)17-18-13(21)9-2-1-5-16-11(9)19/h1-6H,(H,16,19)(H,17,20)(H,18,21). The van der Waals surface area contributed by atoms with Crippen LogP contribution in [0.1, 0.15) is 20.7 Å². The predicted molar refractivity (Wildman–Crippen MR) is 78.5 cm³/mol. The lowest BCUT2D eigenvalue weighted by Gasteiger charge is -2.08. The summed E-state index contributed by atoms with van der Waals surface area (Å²) in [6.45, 7) is 0. The van der Waals surface area contributed by atoms with Crippen molar-refractivity contribution in [1.82, 2.24) is 15.8 Å². The van der Waals surface area contributed by atoms with Gasteiger partial charge in [-0.1, -0.05) is 23.2 Å². The van der Waals surface area contributed by atoms with Crippen LogP contribution in [0, 0.1) is 0 Å². The average Bonchev–Trinajstić information content (AvgIpc) is 2.45. The molecule has 0 aliphatic carbocycles. The van der Waals surface area contributed by atoms with Crippen molar-refractivity contribution in [1.29, 1.82) is 0 Å². The van der Waals surface area contributed by atoms with Gasteiger partial charge < -0.3 is 4.98 Å². The number of amides is 2. The number of nitrogens with one attached hydrogen (secondary N) is 3. The normalized spacial score (nSPS) is 10.0. The summed E-state index contributed by atoms with van der Waals surface area (Å²) in [7, 11) is 0. The fourth-order valence-corrected chi connectivity index (χ4v) is 2.02. The molecule has 6 nitrogen and oxygen atoms in total. The number of rotatable bonds is 2. The first kappa shape index (κ1) is 15.1. The van der Waals surface area contributed by atoms with E-state index in [1.54, 1.807) is 0 Å². The molecule has 2 amide bonds. The topological polar surface area (TPSA) is 91.1 Å². The number of H-pyrrole nitrogens is 1. The lowest BCUT2D eigenvalue weighted by atomic mass is 10.2.